The molecular weight excluding hydrogens is 346 g/mol. The van der Waals surface area contributed by atoms with E-state index in [0.29, 0.717) is 25.8 Å². The van der Waals surface area contributed by atoms with Crippen LogP contribution >= 0.6 is 0 Å². The van der Waals surface area contributed by atoms with E-state index in [4.69, 9.17) is 4.43 Å². The Morgan fingerprint density at radius 2 is 1.92 bits per heavy atom. The molecule has 0 aliphatic carbocycles. The maximum absolute atomic E-state index is 12.0. The first kappa shape index (κ1) is 20.9. The molecule has 1 fully saturated rings. The van der Waals surface area contributed by atoms with Crippen LogP contribution in [0.5, 0.6) is 0 Å². The summed E-state index contributed by atoms with van der Waals surface area (Å²) in [6, 6.07) is 9.91. The quantitative estimate of drug-likeness (QED) is 0.729. The van der Waals surface area contributed by atoms with Gasteiger partial charge in [-0.1, -0.05) is 51.1 Å². The van der Waals surface area contributed by atoms with Crippen LogP contribution in [0.2, 0.25) is 18.1 Å². The zero-order valence-electron chi connectivity index (χ0n) is 16.7. The van der Waals surface area contributed by atoms with Crippen LogP contribution in [0.1, 0.15) is 39.2 Å². The molecule has 1 aliphatic rings. The SMILES string of the molecule is CC(C)(C)[Si](C)(C)O[C@H]1CN(C(=O)O)[C@](CCO)(Cc2ccccc2)C1. The van der Waals surface area contributed by atoms with Crippen LogP contribution < -0.4 is 0 Å². The van der Waals surface area contributed by atoms with E-state index in [1.54, 1.807) is 0 Å². The van der Waals surface area contributed by atoms with Crippen molar-refractivity contribution < 1.29 is 19.4 Å². The molecule has 0 spiro atoms. The van der Waals surface area contributed by atoms with Crippen molar-refractivity contribution in [1.29, 1.82) is 0 Å². The van der Waals surface area contributed by atoms with Gasteiger partial charge in [0.05, 0.1) is 11.6 Å². The molecule has 1 saturated heterocycles. The van der Waals surface area contributed by atoms with Crippen molar-refractivity contribution in [3.63, 3.8) is 0 Å². The third-order valence-corrected chi connectivity index (χ3v) is 10.6. The van der Waals surface area contributed by atoms with Gasteiger partial charge in [0.1, 0.15) is 0 Å². The second-order valence-electron chi connectivity index (χ2n) is 8.96. The fourth-order valence-electron chi connectivity index (χ4n) is 3.63. The lowest BCUT2D eigenvalue weighted by molar-refractivity contribution is 0.0841. The first-order chi connectivity index (χ1) is 12.0. The second kappa shape index (κ2) is 7.70. The number of carboxylic acid groups (broad SMARTS) is 1. The van der Waals surface area contributed by atoms with Crippen molar-refractivity contribution in [2.24, 2.45) is 0 Å². The van der Waals surface area contributed by atoms with Gasteiger partial charge in [0.15, 0.2) is 8.32 Å². The van der Waals surface area contributed by atoms with Crippen LogP contribution in [0, 0.1) is 0 Å². The lowest BCUT2D eigenvalue weighted by Crippen LogP contribution is -2.49. The molecule has 6 heteroatoms. The number of benzene rings is 1. The molecule has 0 bridgehead atoms. The Kier molecular flexibility index (Phi) is 6.20. The van der Waals surface area contributed by atoms with E-state index in [2.05, 4.69) is 33.9 Å². The molecule has 0 aromatic heterocycles. The number of amides is 1. The van der Waals surface area contributed by atoms with Gasteiger partial charge in [0.25, 0.3) is 0 Å². The van der Waals surface area contributed by atoms with Crippen LogP contribution in [0.3, 0.4) is 0 Å². The number of carbonyl (C=O) groups is 1. The summed E-state index contributed by atoms with van der Waals surface area (Å²) in [5.74, 6) is 0. The van der Waals surface area contributed by atoms with E-state index in [9.17, 15) is 15.0 Å². The summed E-state index contributed by atoms with van der Waals surface area (Å²) in [7, 11) is -1.99. The average Bonchev–Trinajstić information content (AvgIpc) is 2.85. The van der Waals surface area contributed by atoms with Crippen molar-refractivity contribution in [1.82, 2.24) is 4.90 Å². The van der Waals surface area contributed by atoms with Crippen LogP contribution in [0.25, 0.3) is 0 Å². The van der Waals surface area contributed by atoms with Crippen molar-refractivity contribution >= 4 is 14.4 Å². The largest absolute Gasteiger partial charge is 0.465 e. The lowest BCUT2D eigenvalue weighted by atomic mass is 9.85. The smallest absolute Gasteiger partial charge is 0.407 e. The average molecular weight is 380 g/mol. The number of rotatable bonds is 6. The molecule has 146 valence electrons. The molecule has 1 amide bonds. The van der Waals surface area contributed by atoms with Crippen molar-refractivity contribution in [3.05, 3.63) is 35.9 Å². The van der Waals surface area contributed by atoms with Crippen molar-refractivity contribution in [2.45, 2.75) is 69.8 Å². The molecule has 0 unspecified atom stereocenters. The van der Waals surface area contributed by atoms with Crippen molar-refractivity contribution in [2.75, 3.05) is 13.2 Å². The maximum Gasteiger partial charge on any atom is 0.407 e. The number of hydrogen-bond donors (Lipinski definition) is 2. The van der Waals surface area contributed by atoms with Crippen LogP contribution in [-0.4, -0.2) is 54.3 Å². The van der Waals surface area contributed by atoms with Crippen molar-refractivity contribution in [3.8, 4) is 0 Å². The summed E-state index contributed by atoms with van der Waals surface area (Å²) in [5, 5.41) is 19.6. The van der Waals surface area contributed by atoms with Gasteiger partial charge in [0.2, 0.25) is 0 Å². The number of aliphatic hydroxyl groups is 1. The predicted octanol–water partition coefficient (Wildman–Crippen LogP) is 4.12. The maximum atomic E-state index is 12.0. The molecule has 26 heavy (non-hydrogen) atoms. The van der Waals surface area contributed by atoms with E-state index in [1.165, 1.54) is 4.90 Å². The standard InChI is InChI=1S/C20H33NO4Si/c1-19(2,3)26(4,5)25-17-14-20(11-12-22,21(15-17)18(23)24)13-16-9-7-6-8-10-16/h6-10,17,22H,11-15H2,1-5H3,(H,23,24)/t17-,20-/m1/s1. The normalized spacial score (nSPS) is 24.1. The van der Waals surface area contributed by atoms with Crippen LogP contribution in [0.15, 0.2) is 30.3 Å². The number of hydrogen-bond acceptors (Lipinski definition) is 3. The van der Waals surface area contributed by atoms with E-state index < -0.39 is 19.9 Å². The number of likely N-dealkylation sites (tertiary alicyclic amines) is 1. The summed E-state index contributed by atoms with van der Waals surface area (Å²) in [6.07, 6.45) is 0.586. The zero-order chi connectivity index (χ0) is 19.6. The third kappa shape index (κ3) is 4.48. The first-order valence-electron chi connectivity index (χ1n) is 9.34. The van der Waals surface area contributed by atoms with Gasteiger partial charge >= 0.3 is 6.09 Å². The highest BCUT2D eigenvalue weighted by Gasteiger charge is 2.50. The van der Waals surface area contributed by atoms with Gasteiger partial charge in [-0.2, -0.15) is 0 Å². The first-order valence-corrected chi connectivity index (χ1v) is 12.2. The summed E-state index contributed by atoms with van der Waals surface area (Å²) in [4.78, 5) is 13.5. The molecule has 0 radical (unpaired) electrons. The Labute approximate surface area is 158 Å². The Balaban J connectivity index is 2.29. The fraction of sp³-hybridized carbons (Fsp3) is 0.650. The van der Waals surface area contributed by atoms with E-state index in [-0.39, 0.29) is 17.7 Å². The van der Waals surface area contributed by atoms with Gasteiger partial charge in [-0.3, -0.25) is 4.90 Å². The molecule has 2 N–H and O–H groups in total. The Morgan fingerprint density at radius 1 is 1.31 bits per heavy atom. The minimum atomic E-state index is -1.99. The van der Waals surface area contributed by atoms with Gasteiger partial charge < -0.3 is 14.6 Å². The molecule has 0 saturated carbocycles. The molecule has 1 aromatic carbocycles. The minimum Gasteiger partial charge on any atom is -0.465 e. The van der Waals surface area contributed by atoms with Gasteiger partial charge in [-0.05, 0) is 43.0 Å². The summed E-state index contributed by atoms with van der Waals surface area (Å²) < 4.78 is 6.54. The molecule has 2 atom stereocenters. The molecule has 1 aromatic rings. The van der Waals surface area contributed by atoms with E-state index >= 15 is 0 Å². The van der Waals surface area contributed by atoms with Crippen LogP contribution in [0.4, 0.5) is 4.79 Å². The lowest BCUT2D eigenvalue weighted by Gasteiger charge is -2.38. The molecule has 2 rings (SSSR count). The number of aliphatic hydroxyl groups excluding tert-OH is 1. The second-order valence-corrected chi connectivity index (χ2v) is 13.7. The summed E-state index contributed by atoms with van der Waals surface area (Å²) in [6.45, 7) is 11.3. The van der Waals surface area contributed by atoms with Gasteiger partial charge in [0, 0.05) is 13.2 Å². The predicted molar refractivity (Wildman–Crippen MR) is 106 cm³/mol. The minimum absolute atomic E-state index is 0.0383. The Bertz CT molecular complexity index is 614. The molecular formula is C20H33NO4Si. The molecule has 1 aliphatic heterocycles. The highest BCUT2D eigenvalue weighted by Crippen LogP contribution is 2.42. The fourth-order valence-corrected chi connectivity index (χ4v) is 4.97. The highest BCUT2D eigenvalue weighted by atomic mass is 28.4. The summed E-state index contributed by atoms with van der Waals surface area (Å²) >= 11 is 0. The van der Waals surface area contributed by atoms with Crippen LogP contribution in [-0.2, 0) is 10.8 Å². The van der Waals surface area contributed by atoms with E-state index in [1.807, 2.05) is 30.3 Å². The zero-order valence-corrected chi connectivity index (χ0v) is 17.7. The van der Waals surface area contributed by atoms with Gasteiger partial charge in [-0.25, -0.2) is 4.79 Å². The highest BCUT2D eigenvalue weighted by molar-refractivity contribution is 6.74. The number of nitrogens with zero attached hydrogens (tertiary/aromatic N) is 1. The van der Waals surface area contributed by atoms with E-state index in [0.717, 1.165) is 5.56 Å². The molecule has 5 nitrogen and oxygen atoms in total. The Morgan fingerprint density at radius 3 is 2.42 bits per heavy atom. The monoisotopic (exact) mass is 379 g/mol. The van der Waals surface area contributed by atoms with Gasteiger partial charge in [-0.15, -0.1) is 0 Å². The molecule has 1 heterocycles. The Hall–Kier alpha value is -1.37. The summed E-state index contributed by atoms with van der Waals surface area (Å²) in [5.41, 5.74) is 0.467. The topological polar surface area (TPSA) is 70.0 Å². The third-order valence-electron chi connectivity index (χ3n) is 6.02.